The van der Waals surface area contributed by atoms with Crippen LogP contribution in [0.4, 0.5) is 0 Å². The molecule has 2 N–H and O–H groups in total. The summed E-state index contributed by atoms with van der Waals surface area (Å²) in [6.07, 6.45) is 2.34. The number of thiophene rings is 1. The molecular formula is C13H11ClN4S2. The maximum Gasteiger partial charge on any atom is 0.160 e. The van der Waals surface area contributed by atoms with Crippen LogP contribution in [0, 0.1) is 0 Å². The van der Waals surface area contributed by atoms with Crippen molar-refractivity contribution in [1.29, 1.82) is 0 Å². The molecule has 0 aliphatic carbocycles. The summed E-state index contributed by atoms with van der Waals surface area (Å²) < 4.78 is 1.95. The van der Waals surface area contributed by atoms with Crippen LogP contribution < -0.4 is 5.73 Å². The van der Waals surface area contributed by atoms with Crippen LogP contribution in [0.5, 0.6) is 0 Å². The SMILES string of the molecule is NC(=S)Cn1c(Cc2cccs2)nc2cc(Cl)cnc21. The van der Waals surface area contributed by atoms with E-state index in [0.29, 0.717) is 16.6 Å². The second-order valence-electron chi connectivity index (χ2n) is 4.33. The van der Waals surface area contributed by atoms with E-state index in [1.807, 2.05) is 16.0 Å². The van der Waals surface area contributed by atoms with Crippen molar-refractivity contribution in [1.82, 2.24) is 14.5 Å². The van der Waals surface area contributed by atoms with Gasteiger partial charge in [0.05, 0.1) is 16.6 Å². The second-order valence-corrected chi connectivity index (χ2v) is 6.33. The van der Waals surface area contributed by atoms with Crippen molar-refractivity contribution in [2.75, 3.05) is 0 Å². The van der Waals surface area contributed by atoms with Crippen molar-refractivity contribution in [2.24, 2.45) is 5.73 Å². The molecule has 3 aromatic heterocycles. The number of halogens is 1. The van der Waals surface area contributed by atoms with Crippen LogP contribution in [-0.4, -0.2) is 19.5 Å². The summed E-state index contributed by atoms with van der Waals surface area (Å²) in [5.41, 5.74) is 7.20. The first kappa shape index (κ1) is 13.5. The van der Waals surface area contributed by atoms with E-state index < -0.39 is 0 Å². The molecule has 0 fully saturated rings. The molecule has 7 heteroatoms. The Bertz CT molecular complexity index is 764. The van der Waals surface area contributed by atoms with Gasteiger partial charge in [-0.2, -0.15) is 0 Å². The third-order valence-corrected chi connectivity index (χ3v) is 4.07. The van der Waals surface area contributed by atoms with Gasteiger partial charge in [0, 0.05) is 17.5 Å². The first-order chi connectivity index (χ1) is 9.63. The number of fused-ring (bicyclic) bond motifs is 1. The first-order valence-corrected chi connectivity index (χ1v) is 7.61. The molecule has 0 saturated carbocycles. The van der Waals surface area contributed by atoms with Gasteiger partial charge in [-0.1, -0.05) is 29.9 Å². The summed E-state index contributed by atoms with van der Waals surface area (Å²) in [5.74, 6) is 0.894. The minimum Gasteiger partial charge on any atom is -0.392 e. The summed E-state index contributed by atoms with van der Waals surface area (Å²) in [4.78, 5) is 10.6. The molecule has 0 amide bonds. The van der Waals surface area contributed by atoms with Crippen LogP contribution in [0.2, 0.25) is 5.02 Å². The Kier molecular flexibility index (Phi) is 3.69. The molecule has 0 radical (unpaired) electrons. The van der Waals surface area contributed by atoms with E-state index in [1.165, 1.54) is 4.88 Å². The average Bonchev–Trinajstić information content (AvgIpc) is 2.98. The summed E-state index contributed by atoms with van der Waals surface area (Å²) in [5, 5.41) is 2.62. The first-order valence-electron chi connectivity index (χ1n) is 5.95. The number of nitrogens with zero attached hydrogens (tertiary/aromatic N) is 3. The van der Waals surface area contributed by atoms with E-state index in [4.69, 9.17) is 29.6 Å². The van der Waals surface area contributed by atoms with Gasteiger partial charge in [-0.05, 0) is 17.5 Å². The molecule has 3 rings (SSSR count). The molecule has 3 aromatic rings. The van der Waals surface area contributed by atoms with Gasteiger partial charge in [0.15, 0.2) is 5.65 Å². The zero-order chi connectivity index (χ0) is 14.1. The molecular weight excluding hydrogens is 312 g/mol. The highest BCUT2D eigenvalue weighted by Gasteiger charge is 2.13. The van der Waals surface area contributed by atoms with Crippen molar-refractivity contribution >= 4 is 51.3 Å². The van der Waals surface area contributed by atoms with Crippen molar-refractivity contribution in [3.63, 3.8) is 0 Å². The lowest BCUT2D eigenvalue weighted by molar-refractivity contribution is 0.799. The molecule has 0 spiro atoms. The molecule has 3 heterocycles. The maximum absolute atomic E-state index is 5.97. The lowest BCUT2D eigenvalue weighted by Crippen LogP contribution is -2.18. The van der Waals surface area contributed by atoms with Gasteiger partial charge in [-0.15, -0.1) is 11.3 Å². The number of hydrogen-bond acceptors (Lipinski definition) is 4. The molecule has 0 aliphatic rings. The Hall–Kier alpha value is -1.50. The van der Waals surface area contributed by atoms with E-state index in [9.17, 15) is 0 Å². The monoisotopic (exact) mass is 322 g/mol. The highest BCUT2D eigenvalue weighted by atomic mass is 35.5. The van der Waals surface area contributed by atoms with Crippen molar-refractivity contribution in [3.05, 3.63) is 45.5 Å². The Morgan fingerprint density at radius 1 is 1.50 bits per heavy atom. The number of pyridine rings is 1. The van der Waals surface area contributed by atoms with E-state index in [-0.39, 0.29) is 0 Å². The molecule has 0 aliphatic heterocycles. The van der Waals surface area contributed by atoms with E-state index in [2.05, 4.69) is 16.0 Å². The predicted octanol–water partition coefficient (Wildman–Crippen LogP) is 3.02. The molecule has 0 bridgehead atoms. The van der Waals surface area contributed by atoms with Crippen LogP contribution >= 0.6 is 35.2 Å². The van der Waals surface area contributed by atoms with Crippen molar-refractivity contribution < 1.29 is 0 Å². The predicted molar refractivity (Wildman–Crippen MR) is 86.4 cm³/mol. The summed E-state index contributed by atoms with van der Waals surface area (Å²) in [7, 11) is 0. The summed E-state index contributed by atoms with van der Waals surface area (Å²) in [6, 6.07) is 5.91. The van der Waals surface area contributed by atoms with Crippen LogP contribution in [0.15, 0.2) is 29.8 Å². The fraction of sp³-hybridized carbons (Fsp3) is 0.154. The van der Waals surface area contributed by atoms with Crippen LogP contribution in [-0.2, 0) is 13.0 Å². The highest BCUT2D eigenvalue weighted by Crippen LogP contribution is 2.21. The number of aromatic nitrogens is 3. The molecule has 4 nitrogen and oxygen atoms in total. The van der Waals surface area contributed by atoms with Gasteiger partial charge in [0.2, 0.25) is 0 Å². The zero-order valence-corrected chi connectivity index (χ0v) is 12.8. The Morgan fingerprint density at radius 3 is 3.05 bits per heavy atom. The third kappa shape index (κ3) is 2.67. The number of hydrogen-bond donors (Lipinski definition) is 1. The summed E-state index contributed by atoms with van der Waals surface area (Å²) in [6.45, 7) is 0.432. The maximum atomic E-state index is 5.97. The normalized spacial score (nSPS) is 11.1. The molecule has 0 aromatic carbocycles. The van der Waals surface area contributed by atoms with E-state index in [0.717, 1.165) is 23.4 Å². The number of thiocarbonyl (C=S) groups is 1. The van der Waals surface area contributed by atoms with E-state index >= 15 is 0 Å². The van der Waals surface area contributed by atoms with Gasteiger partial charge < -0.3 is 10.3 Å². The Labute approximate surface area is 130 Å². The lowest BCUT2D eigenvalue weighted by atomic mass is 10.3. The fourth-order valence-electron chi connectivity index (χ4n) is 2.06. The molecule has 0 unspecified atom stereocenters. The molecule has 102 valence electrons. The topological polar surface area (TPSA) is 56.7 Å². The largest absolute Gasteiger partial charge is 0.392 e. The fourth-order valence-corrected chi connectivity index (χ4v) is 3.04. The van der Waals surface area contributed by atoms with Crippen molar-refractivity contribution in [3.8, 4) is 0 Å². The molecule has 20 heavy (non-hydrogen) atoms. The number of imidazole rings is 1. The quantitative estimate of drug-likeness (QED) is 0.750. The number of nitrogens with two attached hydrogens (primary N) is 1. The van der Waals surface area contributed by atoms with Crippen LogP contribution in [0.3, 0.4) is 0 Å². The van der Waals surface area contributed by atoms with Gasteiger partial charge in [-0.25, -0.2) is 9.97 Å². The zero-order valence-electron chi connectivity index (χ0n) is 10.4. The number of rotatable bonds is 4. The third-order valence-electron chi connectivity index (χ3n) is 2.86. The Morgan fingerprint density at radius 2 is 2.35 bits per heavy atom. The molecule has 0 saturated heterocycles. The van der Waals surface area contributed by atoms with Gasteiger partial charge in [0.25, 0.3) is 0 Å². The van der Waals surface area contributed by atoms with Crippen molar-refractivity contribution in [2.45, 2.75) is 13.0 Å². The average molecular weight is 323 g/mol. The molecule has 0 atom stereocenters. The highest BCUT2D eigenvalue weighted by molar-refractivity contribution is 7.80. The minimum atomic E-state index is 0.411. The second kappa shape index (κ2) is 5.47. The van der Waals surface area contributed by atoms with Crippen LogP contribution in [0.25, 0.3) is 11.2 Å². The smallest absolute Gasteiger partial charge is 0.160 e. The Balaban J connectivity index is 2.10. The minimum absolute atomic E-state index is 0.411. The van der Waals surface area contributed by atoms with Gasteiger partial charge >= 0.3 is 0 Å². The van der Waals surface area contributed by atoms with Crippen LogP contribution in [0.1, 0.15) is 10.7 Å². The lowest BCUT2D eigenvalue weighted by Gasteiger charge is -2.06. The summed E-state index contributed by atoms with van der Waals surface area (Å²) >= 11 is 12.7. The van der Waals surface area contributed by atoms with E-state index in [1.54, 1.807) is 23.6 Å². The van der Waals surface area contributed by atoms with Gasteiger partial charge in [-0.3, -0.25) is 0 Å². The van der Waals surface area contributed by atoms with Gasteiger partial charge in [0.1, 0.15) is 11.3 Å². The standard InChI is InChI=1S/C13H11ClN4S2/c14-8-4-10-13(16-6-8)18(7-11(15)19)12(17-10)5-9-2-1-3-20-9/h1-4,6H,5,7H2,(H2,15,19).